The molecular formula is C30H21NOS2. The molecule has 0 spiro atoms. The quantitative estimate of drug-likeness (QED) is 0.271. The van der Waals surface area contributed by atoms with Gasteiger partial charge in [-0.2, -0.15) is 0 Å². The Labute approximate surface area is 206 Å². The van der Waals surface area contributed by atoms with Gasteiger partial charge in [0.25, 0.3) is 5.91 Å². The molecule has 2 aromatic heterocycles. The lowest BCUT2D eigenvalue weighted by atomic mass is 10.0. The van der Waals surface area contributed by atoms with Crippen LogP contribution in [0.15, 0.2) is 102 Å². The first-order valence-corrected chi connectivity index (χ1v) is 12.8. The first kappa shape index (κ1) is 20.8. The first-order valence-electron chi connectivity index (χ1n) is 11.1. The van der Waals surface area contributed by atoms with Crippen molar-refractivity contribution < 1.29 is 4.79 Å². The third-order valence-electron chi connectivity index (χ3n) is 6.05. The third kappa shape index (κ3) is 3.81. The van der Waals surface area contributed by atoms with Gasteiger partial charge in [0.2, 0.25) is 0 Å². The molecule has 4 aromatic carbocycles. The number of fused-ring (bicyclic) bond motifs is 2. The number of carbonyl (C=O) groups excluding carboxylic acids is 1. The number of rotatable bonds is 4. The Morgan fingerprint density at radius 3 is 2.35 bits per heavy atom. The van der Waals surface area contributed by atoms with Gasteiger partial charge < -0.3 is 5.32 Å². The van der Waals surface area contributed by atoms with E-state index in [2.05, 4.69) is 84.4 Å². The summed E-state index contributed by atoms with van der Waals surface area (Å²) in [6.45, 7) is 2.10. The summed E-state index contributed by atoms with van der Waals surface area (Å²) in [5.41, 5.74) is 6.17. The van der Waals surface area contributed by atoms with Gasteiger partial charge >= 0.3 is 0 Å². The molecule has 0 unspecified atom stereocenters. The van der Waals surface area contributed by atoms with Crippen LogP contribution in [0.4, 0.5) is 5.69 Å². The third-order valence-corrected chi connectivity index (χ3v) is 8.15. The second-order valence-electron chi connectivity index (χ2n) is 8.38. The van der Waals surface area contributed by atoms with Crippen LogP contribution in [0.25, 0.3) is 41.7 Å². The highest BCUT2D eigenvalue weighted by Crippen LogP contribution is 2.41. The van der Waals surface area contributed by atoms with E-state index in [0.717, 1.165) is 42.7 Å². The maximum Gasteiger partial charge on any atom is 0.257 e. The highest BCUT2D eigenvalue weighted by molar-refractivity contribution is 7.22. The number of benzene rings is 4. The smallest absolute Gasteiger partial charge is 0.257 e. The summed E-state index contributed by atoms with van der Waals surface area (Å²) in [6.07, 6.45) is 0. The van der Waals surface area contributed by atoms with E-state index in [9.17, 15) is 4.79 Å². The summed E-state index contributed by atoms with van der Waals surface area (Å²) in [6, 6.07) is 33.3. The zero-order valence-electron chi connectivity index (χ0n) is 18.5. The van der Waals surface area contributed by atoms with Crippen LogP contribution < -0.4 is 5.32 Å². The average Bonchev–Trinajstić information content (AvgIpc) is 3.49. The van der Waals surface area contributed by atoms with Gasteiger partial charge in [0.15, 0.2) is 0 Å². The minimum atomic E-state index is -0.0808. The summed E-state index contributed by atoms with van der Waals surface area (Å²) >= 11 is 3.38. The Balaban J connectivity index is 1.46. The Kier molecular flexibility index (Phi) is 5.25. The molecule has 0 radical (unpaired) electrons. The molecule has 0 saturated carbocycles. The van der Waals surface area contributed by atoms with Crippen LogP contribution in [0.5, 0.6) is 0 Å². The van der Waals surface area contributed by atoms with E-state index in [4.69, 9.17) is 0 Å². The fourth-order valence-corrected chi connectivity index (χ4v) is 6.29. The van der Waals surface area contributed by atoms with E-state index in [-0.39, 0.29) is 5.91 Å². The van der Waals surface area contributed by atoms with E-state index in [0.29, 0.717) is 0 Å². The second kappa shape index (κ2) is 8.56. The molecule has 4 heteroatoms. The molecule has 164 valence electrons. The lowest BCUT2D eigenvalue weighted by Crippen LogP contribution is -2.12. The highest BCUT2D eigenvalue weighted by Gasteiger charge is 2.21. The van der Waals surface area contributed by atoms with Crippen LogP contribution in [0.3, 0.4) is 0 Å². The number of anilines is 1. The standard InChI is InChI=1S/C30H21NOS2/c1-19-7-9-20(10-8-19)22-11-13-25-27(18-22)34-29(21-5-3-2-4-6-21)28(25)30(32)31-24-12-14-26-23(17-24)15-16-33-26/h2-18H,1H3,(H,31,32). The molecule has 6 aromatic rings. The molecule has 0 saturated heterocycles. The van der Waals surface area contributed by atoms with Crippen molar-refractivity contribution >= 4 is 54.4 Å². The summed E-state index contributed by atoms with van der Waals surface area (Å²) in [7, 11) is 0. The largest absolute Gasteiger partial charge is 0.322 e. The van der Waals surface area contributed by atoms with Gasteiger partial charge in [-0.3, -0.25) is 4.79 Å². The van der Waals surface area contributed by atoms with Crippen LogP contribution >= 0.6 is 22.7 Å². The second-order valence-corrected chi connectivity index (χ2v) is 10.4. The van der Waals surface area contributed by atoms with E-state index in [1.54, 1.807) is 22.7 Å². The zero-order valence-corrected chi connectivity index (χ0v) is 20.2. The maximum absolute atomic E-state index is 13.6. The SMILES string of the molecule is Cc1ccc(-c2ccc3c(C(=O)Nc4ccc5sccc5c4)c(-c4ccccc4)sc3c2)cc1. The van der Waals surface area contributed by atoms with Crippen LogP contribution in [-0.4, -0.2) is 5.91 Å². The number of amides is 1. The minimum absolute atomic E-state index is 0.0808. The van der Waals surface area contributed by atoms with Crippen molar-refractivity contribution in [1.29, 1.82) is 0 Å². The predicted molar refractivity (Wildman–Crippen MR) is 147 cm³/mol. The van der Waals surface area contributed by atoms with Crippen molar-refractivity contribution in [3.05, 3.63) is 114 Å². The average molecular weight is 476 g/mol. The number of thiophene rings is 2. The summed E-state index contributed by atoms with van der Waals surface area (Å²) in [5, 5.41) is 7.35. The predicted octanol–water partition coefficient (Wildman–Crippen LogP) is 9.01. The molecule has 0 aliphatic heterocycles. The molecule has 2 heterocycles. The Bertz CT molecular complexity index is 1640. The first-order chi connectivity index (χ1) is 16.7. The molecular weight excluding hydrogens is 454 g/mol. The maximum atomic E-state index is 13.6. The number of hydrogen-bond acceptors (Lipinski definition) is 3. The van der Waals surface area contributed by atoms with Gasteiger partial charge in [-0.05, 0) is 64.7 Å². The Morgan fingerprint density at radius 1 is 0.735 bits per heavy atom. The number of nitrogens with one attached hydrogen (secondary N) is 1. The summed E-state index contributed by atoms with van der Waals surface area (Å²) in [4.78, 5) is 14.6. The van der Waals surface area contributed by atoms with Crippen molar-refractivity contribution in [2.45, 2.75) is 6.92 Å². The zero-order chi connectivity index (χ0) is 23.1. The van der Waals surface area contributed by atoms with E-state index in [1.807, 2.05) is 30.3 Å². The molecule has 0 fully saturated rings. The fourth-order valence-electron chi connectivity index (χ4n) is 4.28. The van der Waals surface area contributed by atoms with Crippen LogP contribution in [0, 0.1) is 6.92 Å². The lowest BCUT2D eigenvalue weighted by Gasteiger charge is -2.08. The van der Waals surface area contributed by atoms with Crippen LogP contribution in [0.1, 0.15) is 15.9 Å². The monoisotopic (exact) mass is 475 g/mol. The van der Waals surface area contributed by atoms with Crippen molar-refractivity contribution in [3.63, 3.8) is 0 Å². The molecule has 0 aliphatic carbocycles. The molecule has 0 aliphatic rings. The summed E-state index contributed by atoms with van der Waals surface area (Å²) < 4.78 is 2.32. The van der Waals surface area contributed by atoms with E-state index >= 15 is 0 Å². The van der Waals surface area contributed by atoms with Crippen molar-refractivity contribution in [2.24, 2.45) is 0 Å². The lowest BCUT2D eigenvalue weighted by molar-refractivity contribution is 0.102. The van der Waals surface area contributed by atoms with Gasteiger partial charge in [0, 0.05) is 25.4 Å². The van der Waals surface area contributed by atoms with Gasteiger partial charge in [0.05, 0.1) is 5.56 Å². The highest BCUT2D eigenvalue weighted by atomic mass is 32.1. The normalized spacial score (nSPS) is 11.2. The van der Waals surface area contributed by atoms with Crippen LogP contribution in [-0.2, 0) is 0 Å². The topological polar surface area (TPSA) is 29.1 Å². The fraction of sp³-hybridized carbons (Fsp3) is 0.0333. The number of hydrogen-bond donors (Lipinski definition) is 1. The summed E-state index contributed by atoms with van der Waals surface area (Å²) in [5.74, 6) is -0.0808. The van der Waals surface area contributed by atoms with Crippen molar-refractivity contribution in [2.75, 3.05) is 5.32 Å². The number of aryl methyl sites for hydroxylation is 1. The Hall–Kier alpha value is -3.73. The molecule has 0 bridgehead atoms. The van der Waals surface area contributed by atoms with Gasteiger partial charge in [0.1, 0.15) is 0 Å². The molecule has 0 atom stereocenters. The molecule has 1 amide bonds. The molecule has 2 nitrogen and oxygen atoms in total. The Morgan fingerprint density at radius 2 is 1.53 bits per heavy atom. The molecule has 34 heavy (non-hydrogen) atoms. The van der Waals surface area contributed by atoms with Gasteiger partial charge in [-0.25, -0.2) is 0 Å². The molecule has 1 N–H and O–H groups in total. The van der Waals surface area contributed by atoms with Gasteiger partial charge in [-0.1, -0.05) is 72.3 Å². The van der Waals surface area contributed by atoms with E-state index in [1.165, 1.54) is 15.8 Å². The molecule has 6 rings (SSSR count). The number of carbonyl (C=O) groups is 1. The van der Waals surface area contributed by atoms with Gasteiger partial charge in [-0.15, -0.1) is 22.7 Å². The van der Waals surface area contributed by atoms with Crippen molar-refractivity contribution in [3.8, 4) is 21.6 Å². The van der Waals surface area contributed by atoms with Crippen LogP contribution in [0.2, 0.25) is 0 Å². The minimum Gasteiger partial charge on any atom is -0.322 e. The van der Waals surface area contributed by atoms with E-state index < -0.39 is 0 Å². The van der Waals surface area contributed by atoms with Crippen molar-refractivity contribution in [1.82, 2.24) is 0 Å².